The second-order valence-electron chi connectivity index (χ2n) is 10.3. The minimum absolute atomic E-state index is 0.0792. The zero-order valence-electron chi connectivity index (χ0n) is 19.7. The Morgan fingerprint density at radius 1 is 1.19 bits per heavy atom. The Kier molecular flexibility index (Phi) is 7.07. The second kappa shape index (κ2) is 9.41. The number of ether oxygens (including phenoxy) is 2. The maximum Gasteiger partial charge on any atom is 0.410 e. The van der Waals surface area contributed by atoms with Crippen LogP contribution in [0.15, 0.2) is 29.3 Å². The molecule has 1 heterocycles. The van der Waals surface area contributed by atoms with Crippen LogP contribution in [0.2, 0.25) is 0 Å². The number of rotatable bonds is 5. The normalized spacial score (nSPS) is 23.2. The first-order valence-electron chi connectivity index (χ1n) is 11.4. The second-order valence-corrected chi connectivity index (χ2v) is 10.3. The number of hydrogen-bond acceptors (Lipinski definition) is 5. The van der Waals surface area contributed by atoms with Crippen molar-refractivity contribution in [3.8, 4) is 0 Å². The van der Waals surface area contributed by atoms with Gasteiger partial charge in [-0.2, -0.15) is 0 Å². The van der Waals surface area contributed by atoms with E-state index in [0.29, 0.717) is 18.2 Å². The smallest absolute Gasteiger partial charge is 0.410 e. The summed E-state index contributed by atoms with van der Waals surface area (Å²) in [5, 5.41) is 0. The third-order valence-corrected chi connectivity index (χ3v) is 5.60. The Balaban J connectivity index is 1.92. The first-order chi connectivity index (χ1) is 14.5. The zero-order chi connectivity index (χ0) is 22.8. The van der Waals surface area contributed by atoms with E-state index in [1.54, 1.807) is 4.90 Å². The van der Waals surface area contributed by atoms with Gasteiger partial charge in [-0.25, -0.2) is 14.6 Å². The molecule has 1 aromatic carbocycles. The molecule has 1 amide bonds. The molecule has 0 saturated heterocycles. The monoisotopic (exact) mass is 428 g/mol. The molecule has 6 heteroatoms. The van der Waals surface area contributed by atoms with Gasteiger partial charge >= 0.3 is 12.1 Å². The molecule has 31 heavy (non-hydrogen) atoms. The largest absolute Gasteiger partial charge is 0.455 e. The number of carbonyl (C=O) groups is 2. The topological polar surface area (TPSA) is 68.2 Å². The number of nitrogens with zero attached hydrogens (tertiary/aromatic N) is 2. The van der Waals surface area contributed by atoms with E-state index in [9.17, 15) is 9.59 Å². The maximum atomic E-state index is 13.4. The Bertz CT molecular complexity index is 840. The average Bonchev–Trinajstić information content (AvgIpc) is 3.04. The number of carbonyl (C=O) groups excluding carboxylic acids is 2. The molecule has 1 saturated carbocycles. The lowest BCUT2D eigenvalue weighted by Crippen LogP contribution is -2.45. The molecule has 0 bridgehead atoms. The molecular weight excluding hydrogens is 392 g/mol. The van der Waals surface area contributed by atoms with Crippen molar-refractivity contribution in [3.05, 3.63) is 29.8 Å². The molecule has 3 rings (SSSR count). The standard InChI is InChI=1S/C25H36N2O4/c1-16(2)15-27(24(29)30-18-11-9-10-17(3)14-18)22-19-12-7-8-13-20(19)26-21(22)23(28)31-25(4,5)6/h7-8,12-13,16-18,22H,9-11,14-15H2,1-6H3. The van der Waals surface area contributed by atoms with Gasteiger partial charge in [0, 0.05) is 12.1 Å². The fourth-order valence-corrected chi connectivity index (χ4v) is 4.34. The Morgan fingerprint density at radius 3 is 2.55 bits per heavy atom. The van der Waals surface area contributed by atoms with Crippen LogP contribution in [0.5, 0.6) is 0 Å². The molecule has 2 aliphatic rings. The molecule has 1 aliphatic carbocycles. The SMILES string of the molecule is CC(C)CN(C(=O)OC1CCCC(C)C1)C1C(C(=O)OC(C)(C)C)=Nc2ccccc21. The quantitative estimate of drug-likeness (QED) is 0.554. The van der Waals surface area contributed by atoms with E-state index in [0.717, 1.165) is 24.8 Å². The molecule has 1 fully saturated rings. The summed E-state index contributed by atoms with van der Waals surface area (Å²) in [7, 11) is 0. The fourth-order valence-electron chi connectivity index (χ4n) is 4.34. The molecule has 170 valence electrons. The average molecular weight is 429 g/mol. The van der Waals surface area contributed by atoms with Gasteiger partial charge in [-0.3, -0.25) is 4.90 Å². The van der Waals surface area contributed by atoms with Crippen LogP contribution in [0.25, 0.3) is 0 Å². The van der Waals surface area contributed by atoms with Crippen molar-refractivity contribution in [1.29, 1.82) is 0 Å². The molecule has 3 unspecified atom stereocenters. The highest BCUT2D eigenvalue weighted by atomic mass is 16.6. The van der Waals surface area contributed by atoms with Gasteiger partial charge in [0.1, 0.15) is 17.7 Å². The maximum absolute atomic E-state index is 13.4. The highest BCUT2D eigenvalue weighted by Gasteiger charge is 2.41. The molecule has 6 nitrogen and oxygen atoms in total. The minimum Gasteiger partial charge on any atom is -0.455 e. The molecular formula is C25H36N2O4. The molecule has 1 aliphatic heterocycles. The summed E-state index contributed by atoms with van der Waals surface area (Å²) >= 11 is 0. The summed E-state index contributed by atoms with van der Waals surface area (Å²) in [5.41, 5.74) is 1.12. The van der Waals surface area contributed by atoms with Crippen LogP contribution in [-0.2, 0) is 14.3 Å². The summed E-state index contributed by atoms with van der Waals surface area (Å²) in [6.45, 7) is 12.2. The van der Waals surface area contributed by atoms with Crippen LogP contribution in [0, 0.1) is 11.8 Å². The summed E-state index contributed by atoms with van der Waals surface area (Å²) in [6.07, 6.45) is 3.56. The number of amides is 1. The third kappa shape index (κ3) is 5.86. The molecule has 3 atom stereocenters. The molecule has 0 N–H and O–H groups in total. The number of para-hydroxylation sites is 1. The Hall–Kier alpha value is -2.37. The zero-order valence-corrected chi connectivity index (χ0v) is 19.7. The fraction of sp³-hybridized carbons (Fsp3) is 0.640. The van der Waals surface area contributed by atoms with Gasteiger partial charge in [-0.05, 0) is 57.9 Å². The predicted octanol–water partition coefficient (Wildman–Crippen LogP) is 5.83. The number of aliphatic imine (C=N–C) groups is 1. The first-order valence-corrected chi connectivity index (χ1v) is 11.4. The predicted molar refractivity (Wildman–Crippen MR) is 122 cm³/mol. The van der Waals surface area contributed by atoms with Crippen molar-refractivity contribution < 1.29 is 19.1 Å². The summed E-state index contributed by atoms with van der Waals surface area (Å²) < 4.78 is 11.6. The van der Waals surface area contributed by atoms with Crippen LogP contribution in [-0.4, -0.2) is 40.9 Å². The van der Waals surface area contributed by atoms with E-state index in [-0.39, 0.29) is 23.8 Å². The lowest BCUT2D eigenvalue weighted by atomic mass is 9.89. The summed E-state index contributed by atoms with van der Waals surface area (Å²) in [4.78, 5) is 32.7. The van der Waals surface area contributed by atoms with Crippen LogP contribution in [0.3, 0.4) is 0 Å². The van der Waals surface area contributed by atoms with Gasteiger partial charge in [-0.15, -0.1) is 0 Å². The Morgan fingerprint density at radius 2 is 1.90 bits per heavy atom. The molecule has 1 aromatic rings. The van der Waals surface area contributed by atoms with Gasteiger partial charge in [0.2, 0.25) is 0 Å². The summed E-state index contributed by atoms with van der Waals surface area (Å²) in [5.74, 6) is 0.253. The number of benzene rings is 1. The molecule has 0 spiro atoms. The van der Waals surface area contributed by atoms with Gasteiger partial charge < -0.3 is 9.47 Å². The van der Waals surface area contributed by atoms with Crippen LogP contribution in [0.4, 0.5) is 10.5 Å². The van der Waals surface area contributed by atoms with Crippen molar-refractivity contribution in [1.82, 2.24) is 4.90 Å². The van der Waals surface area contributed by atoms with E-state index in [4.69, 9.17) is 9.47 Å². The summed E-state index contributed by atoms with van der Waals surface area (Å²) in [6, 6.07) is 6.96. The van der Waals surface area contributed by atoms with Gasteiger partial charge in [-0.1, -0.05) is 45.4 Å². The van der Waals surface area contributed by atoms with E-state index in [1.165, 1.54) is 6.42 Å². The number of fused-ring (bicyclic) bond motifs is 1. The van der Waals surface area contributed by atoms with Crippen LogP contribution >= 0.6 is 0 Å². The van der Waals surface area contributed by atoms with Gasteiger partial charge in [0.15, 0.2) is 5.71 Å². The van der Waals surface area contributed by atoms with Crippen molar-refractivity contribution in [2.45, 2.75) is 85.0 Å². The highest BCUT2D eigenvalue weighted by Crippen LogP contribution is 2.39. The van der Waals surface area contributed by atoms with E-state index in [1.807, 2.05) is 58.9 Å². The van der Waals surface area contributed by atoms with Gasteiger partial charge in [0.05, 0.1) is 5.69 Å². The highest BCUT2D eigenvalue weighted by molar-refractivity contribution is 6.40. The molecule has 0 radical (unpaired) electrons. The van der Waals surface area contributed by atoms with Crippen LogP contribution < -0.4 is 0 Å². The van der Waals surface area contributed by atoms with Crippen molar-refractivity contribution >= 4 is 23.5 Å². The van der Waals surface area contributed by atoms with Crippen molar-refractivity contribution in [2.75, 3.05) is 6.54 Å². The lowest BCUT2D eigenvalue weighted by Gasteiger charge is -2.34. The number of esters is 1. The number of hydrogen-bond donors (Lipinski definition) is 0. The van der Waals surface area contributed by atoms with E-state index >= 15 is 0 Å². The first kappa shape index (κ1) is 23.3. The van der Waals surface area contributed by atoms with Crippen molar-refractivity contribution in [2.24, 2.45) is 16.8 Å². The van der Waals surface area contributed by atoms with Gasteiger partial charge in [0.25, 0.3) is 0 Å². The van der Waals surface area contributed by atoms with Crippen LogP contribution in [0.1, 0.15) is 78.8 Å². The van der Waals surface area contributed by atoms with E-state index in [2.05, 4.69) is 11.9 Å². The Labute approximate surface area is 186 Å². The lowest BCUT2D eigenvalue weighted by molar-refractivity contribution is -0.146. The van der Waals surface area contributed by atoms with E-state index < -0.39 is 17.6 Å². The minimum atomic E-state index is -0.652. The molecule has 0 aromatic heterocycles. The third-order valence-electron chi connectivity index (χ3n) is 5.60. The van der Waals surface area contributed by atoms with Crippen molar-refractivity contribution in [3.63, 3.8) is 0 Å².